The summed E-state index contributed by atoms with van der Waals surface area (Å²) in [7, 11) is 0. The van der Waals surface area contributed by atoms with Crippen LogP contribution in [-0.2, 0) is 16.0 Å². The third-order valence-corrected chi connectivity index (χ3v) is 6.45. The maximum atomic E-state index is 13.2. The lowest BCUT2D eigenvalue weighted by Gasteiger charge is -2.28. The van der Waals surface area contributed by atoms with Gasteiger partial charge in [-0.15, -0.1) is 0 Å². The Morgan fingerprint density at radius 1 is 0.943 bits per heavy atom. The van der Waals surface area contributed by atoms with Crippen molar-refractivity contribution in [1.82, 2.24) is 10.3 Å². The van der Waals surface area contributed by atoms with E-state index in [2.05, 4.69) is 15.6 Å². The molecular formula is C28H32N4O3. The Hall–Kier alpha value is -3.71. The van der Waals surface area contributed by atoms with Crippen LogP contribution in [0.5, 0.6) is 11.5 Å². The molecule has 1 fully saturated rings. The largest absolute Gasteiger partial charge is 0.457 e. The maximum absolute atomic E-state index is 13.2. The average Bonchev–Trinajstić information content (AvgIpc) is 2.89. The van der Waals surface area contributed by atoms with Crippen molar-refractivity contribution in [3.8, 4) is 11.5 Å². The van der Waals surface area contributed by atoms with Gasteiger partial charge in [0.15, 0.2) is 0 Å². The molecule has 1 aliphatic rings. The van der Waals surface area contributed by atoms with Gasteiger partial charge in [0.25, 0.3) is 0 Å². The molecule has 4 rings (SSSR count). The topological polar surface area (TPSA) is 106 Å². The second kappa shape index (κ2) is 12.1. The molecule has 0 saturated heterocycles. The number of pyridine rings is 1. The van der Waals surface area contributed by atoms with Crippen molar-refractivity contribution in [2.24, 2.45) is 17.6 Å². The molecule has 1 unspecified atom stereocenters. The number of benzene rings is 2. The minimum absolute atomic E-state index is 0.0768. The molecule has 0 aliphatic heterocycles. The van der Waals surface area contributed by atoms with Crippen LogP contribution in [-0.4, -0.2) is 29.4 Å². The van der Waals surface area contributed by atoms with Crippen LogP contribution in [0.1, 0.15) is 31.2 Å². The van der Waals surface area contributed by atoms with Crippen LogP contribution < -0.4 is 21.1 Å². The molecule has 0 bridgehead atoms. The van der Waals surface area contributed by atoms with Gasteiger partial charge in [-0.1, -0.05) is 30.3 Å². The van der Waals surface area contributed by atoms with Crippen LogP contribution in [0.3, 0.4) is 0 Å². The second-order valence-electron chi connectivity index (χ2n) is 9.01. The van der Waals surface area contributed by atoms with E-state index in [4.69, 9.17) is 10.5 Å². The molecule has 1 heterocycles. The van der Waals surface area contributed by atoms with Crippen LogP contribution in [0, 0.1) is 11.8 Å². The molecular weight excluding hydrogens is 440 g/mol. The molecule has 1 atom stereocenters. The third-order valence-electron chi connectivity index (χ3n) is 6.45. The van der Waals surface area contributed by atoms with Crippen LogP contribution in [0.4, 0.5) is 5.69 Å². The van der Waals surface area contributed by atoms with E-state index in [0.29, 0.717) is 30.3 Å². The molecule has 2 aromatic carbocycles. The first-order valence-electron chi connectivity index (χ1n) is 12.1. The van der Waals surface area contributed by atoms with E-state index in [1.165, 1.54) is 0 Å². The molecule has 7 nitrogen and oxygen atoms in total. The number of hydrogen-bond acceptors (Lipinski definition) is 5. The third kappa shape index (κ3) is 7.13. The fourth-order valence-corrected chi connectivity index (χ4v) is 4.42. The highest BCUT2D eigenvalue weighted by Crippen LogP contribution is 2.28. The van der Waals surface area contributed by atoms with Gasteiger partial charge in [-0.05, 0) is 80.1 Å². The zero-order chi connectivity index (χ0) is 24.5. The Morgan fingerprint density at radius 3 is 2.37 bits per heavy atom. The summed E-state index contributed by atoms with van der Waals surface area (Å²) in [5.74, 6) is 1.45. The van der Waals surface area contributed by atoms with Gasteiger partial charge >= 0.3 is 0 Å². The van der Waals surface area contributed by atoms with Gasteiger partial charge in [-0.25, -0.2) is 0 Å². The Kier molecular flexibility index (Phi) is 8.46. The lowest BCUT2D eigenvalue weighted by atomic mass is 9.81. The summed E-state index contributed by atoms with van der Waals surface area (Å²) in [5, 5.41) is 5.92. The summed E-state index contributed by atoms with van der Waals surface area (Å²) in [6, 6.07) is 19.8. The number of nitrogens with zero attached hydrogens (tertiary/aromatic N) is 1. The van der Waals surface area contributed by atoms with Crippen molar-refractivity contribution >= 4 is 17.5 Å². The smallest absolute Gasteiger partial charge is 0.247 e. The number of anilines is 1. The first-order chi connectivity index (χ1) is 17.1. The lowest BCUT2D eigenvalue weighted by Crippen LogP contribution is -2.48. The molecule has 1 aromatic heterocycles. The summed E-state index contributed by atoms with van der Waals surface area (Å²) in [6.07, 6.45) is 7.06. The van der Waals surface area contributed by atoms with Gasteiger partial charge in [-0.3, -0.25) is 14.6 Å². The Bertz CT molecular complexity index is 1100. The molecule has 1 aliphatic carbocycles. The molecule has 1 saturated carbocycles. The van der Waals surface area contributed by atoms with E-state index in [1.807, 2.05) is 54.6 Å². The van der Waals surface area contributed by atoms with Crippen molar-refractivity contribution in [2.45, 2.75) is 38.1 Å². The molecule has 7 heteroatoms. The summed E-state index contributed by atoms with van der Waals surface area (Å²) >= 11 is 0. The Morgan fingerprint density at radius 2 is 1.66 bits per heavy atom. The first kappa shape index (κ1) is 24.4. The van der Waals surface area contributed by atoms with E-state index in [9.17, 15) is 9.59 Å². The quantitative estimate of drug-likeness (QED) is 0.430. The molecule has 2 amide bonds. The minimum atomic E-state index is -0.727. The number of rotatable bonds is 9. The van der Waals surface area contributed by atoms with Gasteiger partial charge in [0.2, 0.25) is 11.8 Å². The van der Waals surface area contributed by atoms with Gasteiger partial charge in [0, 0.05) is 30.4 Å². The van der Waals surface area contributed by atoms with Crippen LogP contribution in [0.2, 0.25) is 0 Å². The number of carbonyl (C=O) groups is 2. The van der Waals surface area contributed by atoms with E-state index in [1.54, 1.807) is 24.5 Å². The summed E-state index contributed by atoms with van der Waals surface area (Å²) in [6.45, 7) is 0.659. The molecule has 0 radical (unpaired) electrons. The minimum Gasteiger partial charge on any atom is -0.457 e. The van der Waals surface area contributed by atoms with Crippen molar-refractivity contribution in [2.75, 3.05) is 11.9 Å². The lowest BCUT2D eigenvalue weighted by molar-refractivity contribution is -0.130. The molecule has 35 heavy (non-hydrogen) atoms. The van der Waals surface area contributed by atoms with E-state index < -0.39 is 6.04 Å². The predicted octanol–water partition coefficient (Wildman–Crippen LogP) is 4.31. The van der Waals surface area contributed by atoms with Crippen molar-refractivity contribution in [3.05, 3.63) is 84.7 Å². The fraction of sp³-hybridized carbons (Fsp3) is 0.321. The molecule has 182 valence electrons. The SMILES string of the molecule is NCC1CCC(C(=O)NC(Cc2cccc(Oc3ccccc3)c2)C(=O)Nc2ccncc2)CC1. The van der Waals surface area contributed by atoms with Crippen LogP contribution in [0.25, 0.3) is 0 Å². The maximum Gasteiger partial charge on any atom is 0.247 e. The fourth-order valence-electron chi connectivity index (χ4n) is 4.42. The summed E-state index contributed by atoms with van der Waals surface area (Å²) in [4.78, 5) is 30.3. The predicted molar refractivity (Wildman–Crippen MR) is 136 cm³/mol. The molecule has 4 N–H and O–H groups in total. The van der Waals surface area contributed by atoms with Crippen LogP contribution in [0.15, 0.2) is 79.1 Å². The summed E-state index contributed by atoms with van der Waals surface area (Å²) < 4.78 is 5.95. The van der Waals surface area contributed by atoms with E-state index >= 15 is 0 Å². The average molecular weight is 473 g/mol. The van der Waals surface area contributed by atoms with Crippen molar-refractivity contribution in [1.29, 1.82) is 0 Å². The number of ether oxygens (including phenoxy) is 1. The van der Waals surface area contributed by atoms with Crippen LogP contribution >= 0.6 is 0 Å². The first-order valence-corrected chi connectivity index (χ1v) is 12.1. The number of para-hydroxylation sites is 1. The second-order valence-corrected chi connectivity index (χ2v) is 9.01. The highest BCUT2D eigenvalue weighted by Gasteiger charge is 2.29. The van der Waals surface area contributed by atoms with E-state index in [-0.39, 0.29) is 17.7 Å². The molecule has 0 spiro atoms. The number of carbonyl (C=O) groups excluding carboxylic acids is 2. The number of hydrogen-bond donors (Lipinski definition) is 3. The Balaban J connectivity index is 1.47. The number of amides is 2. The van der Waals surface area contributed by atoms with Crippen molar-refractivity contribution < 1.29 is 14.3 Å². The monoisotopic (exact) mass is 472 g/mol. The highest BCUT2D eigenvalue weighted by atomic mass is 16.5. The summed E-state index contributed by atoms with van der Waals surface area (Å²) in [5.41, 5.74) is 7.32. The normalized spacial score (nSPS) is 18.3. The number of nitrogens with one attached hydrogen (secondary N) is 2. The zero-order valence-corrected chi connectivity index (χ0v) is 19.7. The van der Waals surface area contributed by atoms with Gasteiger partial charge in [-0.2, -0.15) is 0 Å². The highest BCUT2D eigenvalue weighted by molar-refractivity contribution is 5.97. The molecule has 3 aromatic rings. The van der Waals surface area contributed by atoms with Gasteiger partial charge in [0.1, 0.15) is 17.5 Å². The van der Waals surface area contributed by atoms with E-state index in [0.717, 1.165) is 37.0 Å². The standard InChI is InChI=1S/C28H32N4O3/c29-19-20-9-11-22(12-10-20)27(33)32-26(28(34)31-23-13-15-30-16-14-23)18-21-5-4-8-25(17-21)35-24-6-2-1-3-7-24/h1-8,13-17,20,22,26H,9-12,18-19,29H2,(H,32,33)(H,30,31,34). The van der Waals surface area contributed by atoms with Gasteiger partial charge < -0.3 is 21.1 Å². The van der Waals surface area contributed by atoms with Crippen molar-refractivity contribution in [3.63, 3.8) is 0 Å². The number of nitrogens with two attached hydrogens (primary N) is 1. The Labute approximate surface area is 206 Å². The number of aromatic nitrogens is 1. The van der Waals surface area contributed by atoms with Gasteiger partial charge in [0.05, 0.1) is 0 Å². The zero-order valence-electron chi connectivity index (χ0n) is 19.7.